The zero-order valence-corrected chi connectivity index (χ0v) is 11.6. The summed E-state index contributed by atoms with van der Waals surface area (Å²) in [7, 11) is 2.18. The Balaban J connectivity index is 1.78. The number of hydrogen-bond donors (Lipinski definition) is 0. The van der Waals surface area contributed by atoms with Crippen LogP contribution in [0.2, 0.25) is 0 Å². The van der Waals surface area contributed by atoms with E-state index in [4.69, 9.17) is 0 Å². The molecule has 0 aliphatic carbocycles. The molecule has 2 saturated heterocycles. The minimum Gasteiger partial charge on any atom is -0.342 e. The molecule has 3 heteroatoms. The average molecular weight is 250 g/mol. The summed E-state index contributed by atoms with van der Waals surface area (Å²) in [5.74, 6) is 1.49. The minimum absolute atomic E-state index is 0.369. The Kier molecular flexibility index (Phi) is 4.81. The highest BCUT2D eigenvalue weighted by atomic mass is 16.2. The van der Waals surface area contributed by atoms with E-state index in [2.05, 4.69) is 18.5 Å². The summed E-state index contributed by atoms with van der Waals surface area (Å²) < 4.78 is 0. The molecule has 102 valence electrons. The van der Waals surface area contributed by atoms with E-state index in [1.165, 1.54) is 25.8 Å². The number of likely N-dealkylation sites (tertiary alicyclic amines) is 2. The molecule has 0 saturated carbocycles. The van der Waals surface area contributed by atoms with E-state index in [0.29, 0.717) is 17.7 Å². The van der Waals surface area contributed by atoms with Crippen molar-refractivity contribution < 1.29 is 4.79 Å². The van der Waals surface area contributed by atoms with E-state index in [-0.39, 0.29) is 0 Å². The molecule has 2 aliphatic rings. The summed E-state index contributed by atoms with van der Waals surface area (Å²) in [6.45, 7) is 7.99. The Bertz CT molecular complexity index is 303. The van der Waals surface area contributed by atoms with Crippen LogP contribution in [-0.4, -0.2) is 48.9 Å². The van der Waals surface area contributed by atoms with Crippen molar-refractivity contribution in [2.75, 3.05) is 33.2 Å². The number of carbonyl (C=O) groups excluding carboxylic acids is 1. The van der Waals surface area contributed by atoms with Crippen LogP contribution in [0.5, 0.6) is 0 Å². The van der Waals surface area contributed by atoms with Crippen molar-refractivity contribution in [2.24, 2.45) is 11.8 Å². The number of rotatable bonds is 3. The van der Waals surface area contributed by atoms with Crippen LogP contribution < -0.4 is 0 Å². The van der Waals surface area contributed by atoms with E-state index >= 15 is 0 Å². The maximum absolute atomic E-state index is 12.2. The largest absolute Gasteiger partial charge is 0.342 e. The lowest BCUT2D eigenvalue weighted by molar-refractivity contribution is -0.131. The third kappa shape index (κ3) is 3.58. The summed E-state index contributed by atoms with van der Waals surface area (Å²) >= 11 is 0. The van der Waals surface area contributed by atoms with Gasteiger partial charge in [0.2, 0.25) is 5.91 Å². The van der Waals surface area contributed by atoms with Gasteiger partial charge in [0.1, 0.15) is 0 Å². The van der Waals surface area contributed by atoms with Gasteiger partial charge in [-0.3, -0.25) is 4.79 Å². The van der Waals surface area contributed by atoms with Gasteiger partial charge in [-0.2, -0.15) is 0 Å². The Morgan fingerprint density at radius 2 is 2.11 bits per heavy atom. The molecule has 0 N–H and O–H groups in total. The molecule has 3 nitrogen and oxygen atoms in total. The van der Waals surface area contributed by atoms with Gasteiger partial charge in [-0.15, -0.1) is 6.58 Å². The average Bonchev–Trinajstić information content (AvgIpc) is 2.76. The fourth-order valence-corrected chi connectivity index (χ4v) is 3.10. The first-order chi connectivity index (χ1) is 8.69. The highest BCUT2D eigenvalue weighted by Crippen LogP contribution is 2.23. The number of carbonyl (C=O) groups is 1. The van der Waals surface area contributed by atoms with Crippen molar-refractivity contribution in [3.63, 3.8) is 0 Å². The van der Waals surface area contributed by atoms with E-state index < -0.39 is 0 Å². The number of nitrogens with zero attached hydrogens (tertiary/aromatic N) is 2. The van der Waals surface area contributed by atoms with Crippen molar-refractivity contribution in [1.82, 2.24) is 9.80 Å². The van der Waals surface area contributed by atoms with E-state index in [0.717, 1.165) is 32.5 Å². The van der Waals surface area contributed by atoms with Crippen LogP contribution in [0.1, 0.15) is 32.1 Å². The van der Waals surface area contributed by atoms with E-state index in [1.54, 1.807) is 0 Å². The smallest absolute Gasteiger partial charge is 0.222 e. The van der Waals surface area contributed by atoms with Gasteiger partial charge in [0.05, 0.1) is 0 Å². The van der Waals surface area contributed by atoms with Gasteiger partial charge in [-0.25, -0.2) is 0 Å². The van der Waals surface area contributed by atoms with Crippen LogP contribution in [0.3, 0.4) is 0 Å². The van der Waals surface area contributed by atoms with Crippen LogP contribution in [0, 0.1) is 11.8 Å². The first kappa shape index (κ1) is 13.6. The van der Waals surface area contributed by atoms with Gasteiger partial charge in [0, 0.05) is 19.5 Å². The van der Waals surface area contributed by atoms with Crippen molar-refractivity contribution in [3.05, 3.63) is 12.7 Å². The van der Waals surface area contributed by atoms with Gasteiger partial charge in [0.25, 0.3) is 0 Å². The highest BCUT2D eigenvalue weighted by molar-refractivity contribution is 5.76. The highest BCUT2D eigenvalue weighted by Gasteiger charge is 2.26. The Morgan fingerprint density at radius 1 is 1.28 bits per heavy atom. The SMILES string of the molecule is C=C[C@H]1CCN(C(=O)CC2CCCN(C)CC2)C1. The molecule has 2 rings (SSSR count). The topological polar surface area (TPSA) is 23.6 Å². The molecule has 2 aliphatic heterocycles. The first-order valence-corrected chi connectivity index (χ1v) is 7.28. The molecule has 0 bridgehead atoms. The molecule has 0 spiro atoms. The predicted molar refractivity (Wildman–Crippen MR) is 74.3 cm³/mol. The molecule has 0 aromatic heterocycles. The van der Waals surface area contributed by atoms with Gasteiger partial charge in [-0.05, 0) is 57.7 Å². The van der Waals surface area contributed by atoms with Crippen LogP contribution in [0.25, 0.3) is 0 Å². The summed E-state index contributed by atoms with van der Waals surface area (Å²) in [5, 5.41) is 0. The summed E-state index contributed by atoms with van der Waals surface area (Å²) in [6.07, 6.45) is 7.49. The monoisotopic (exact) mass is 250 g/mol. The Morgan fingerprint density at radius 3 is 2.83 bits per heavy atom. The molecule has 1 amide bonds. The second-order valence-electron chi connectivity index (χ2n) is 5.93. The van der Waals surface area contributed by atoms with Crippen LogP contribution >= 0.6 is 0 Å². The standard InChI is InChI=1S/C15H26N2O/c1-3-13-7-10-17(12-13)15(18)11-14-5-4-8-16(2)9-6-14/h3,13-14H,1,4-12H2,2H3/t13-,14?/m0/s1. The first-order valence-electron chi connectivity index (χ1n) is 7.28. The molecule has 2 atom stereocenters. The molecule has 0 radical (unpaired) electrons. The lowest BCUT2D eigenvalue weighted by Crippen LogP contribution is -2.30. The summed E-state index contributed by atoms with van der Waals surface area (Å²) in [4.78, 5) is 16.7. The Hall–Kier alpha value is -0.830. The Labute approximate surface area is 111 Å². The quantitative estimate of drug-likeness (QED) is 0.717. The zero-order chi connectivity index (χ0) is 13.0. The van der Waals surface area contributed by atoms with Gasteiger partial charge < -0.3 is 9.80 Å². The molecule has 1 unspecified atom stereocenters. The maximum atomic E-state index is 12.2. The van der Waals surface area contributed by atoms with Gasteiger partial charge in [-0.1, -0.05) is 6.08 Å². The summed E-state index contributed by atoms with van der Waals surface area (Å²) in [6, 6.07) is 0. The van der Waals surface area contributed by atoms with Crippen LogP contribution in [0.4, 0.5) is 0 Å². The van der Waals surface area contributed by atoms with E-state index in [1.807, 2.05) is 11.0 Å². The maximum Gasteiger partial charge on any atom is 0.222 e. The van der Waals surface area contributed by atoms with Gasteiger partial charge >= 0.3 is 0 Å². The lowest BCUT2D eigenvalue weighted by atomic mass is 9.96. The molecule has 0 aromatic carbocycles. The third-order valence-electron chi connectivity index (χ3n) is 4.45. The molecule has 2 fully saturated rings. The molecular weight excluding hydrogens is 224 g/mol. The van der Waals surface area contributed by atoms with Crippen molar-refractivity contribution in [3.8, 4) is 0 Å². The fourth-order valence-electron chi connectivity index (χ4n) is 3.10. The van der Waals surface area contributed by atoms with Crippen LogP contribution in [0.15, 0.2) is 12.7 Å². The number of amides is 1. The molecule has 2 heterocycles. The minimum atomic E-state index is 0.369. The lowest BCUT2D eigenvalue weighted by Gasteiger charge is -2.20. The number of hydrogen-bond acceptors (Lipinski definition) is 2. The third-order valence-corrected chi connectivity index (χ3v) is 4.45. The normalized spacial score (nSPS) is 30.2. The molecule has 18 heavy (non-hydrogen) atoms. The second kappa shape index (κ2) is 6.37. The van der Waals surface area contributed by atoms with Crippen molar-refractivity contribution in [2.45, 2.75) is 32.1 Å². The molecule has 0 aromatic rings. The zero-order valence-electron chi connectivity index (χ0n) is 11.6. The fraction of sp³-hybridized carbons (Fsp3) is 0.800. The molecular formula is C15H26N2O. The van der Waals surface area contributed by atoms with E-state index in [9.17, 15) is 4.79 Å². The summed E-state index contributed by atoms with van der Waals surface area (Å²) in [5.41, 5.74) is 0. The van der Waals surface area contributed by atoms with Crippen molar-refractivity contribution in [1.29, 1.82) is 0 Å². The van der Waals surface area contributed by atoms with Crippen molar-refractivity contribution >= 4 is 5.91 Å². The predicted octanol–water partition coefficient (Wildman–Crippen LogP) is 2.14. The second-order valence-corrected chi connectivity index (χ2v) is 5.93. The van der Waals surface area contributed by atoms with Gasteiger partial charge in [0.15, 0.2) is 0 Å². The van der Waals surface area contributed by atoms with Crippen LogP contribution in [-0.2, 0) is 4.79 Å².